The molecule has 0 radical (unpaired) electrons. The molecule has 0 saturated carbocycles. The van der Waals surface area contributed by atoms with Gasteiger partial charge in [-0.25, -0.2) is 0 Å². The van der Waals surface area contributed by atoms with E-state index in [1.165, 1.54) is 16.7 Å². The summed E-state index contributed by atoms with van der Waals surface area (Å²) in [5.41, 5.74) is 9.60. The minimum Gasteiger partial charge on any atom is -0.370 e. The van der Waals surface area contributed by atoms with E-state index in [4.69, 9.17) is 11.1 Å². The summed E-state index contributed by atoms with van der Waals surface area (Å²) in [7, 11) is 0. The fraction of sp³-hybridized carbons (Fsp3) is 0.533. The third kappa shape index (κ3) is 3.07. The Hall–Kier alpha value is -1.55. The van der Waals surface area contributed by atoms with Crippen molar-refractivity contribution in [1.29, 1.82) is 5.41 Å². The lowest BCUT2D eigenvalue weighted by molar-refractivity contribution is 0.139. The Morgan fingerprint density at radius 1 is 1.16 bits per heavy atom. The van der Waals surface area contributed by atoms with Gasteiger partial charge in [-0.1, -0.05) is 18.2 Å². The van der Waals surface area contributed by atoms with E-state index in [1.807, 2.05) is 4.90 Å². The highest BCUT2D eigenvalue weighted by Crippen LogP contribution is 2.23. The molecule has 0 aromatic heterocycles. The van der Waals surface area contributed by atoms with Crippen molar-refractivity contribution in [2.45, 2.75) is 26.8 Å². The number of nitrogens with one attached hydrogen (secondary N) is 1. The van der Waals surface area contributed by atoms with E-state index in [9.17, 15) is 0 Å². The fourth-order valence-electron chi connectivity index (χ4n) is 2.59. The molecule has 1 fully saturated rings. The van der Waals surface area contributed by atoms with Gasteiger partial charge in [-0.05, 0) is 37.5 Å². The molecule has 3 N–H and O–H groups in total. The smallest absolute Gasteiger partial charge is 0.188 e. The Kier molecular flexibility index (Phi) is 4.10. The minimum atomic E-state index is 0.193. The van der Waals surface area contributed by atoms with Crippen LogP contribution in [-0.2, 0) is 0 Å². The Morgan fingerprint density at radius 2 is 1.79 bits per heavy atom. The molecule has 1 heterocycles. The molecule has 4 nitrogen and oxygen atoms in total. The molecule has 0 aliphatic carbocycles. The normalized spacial score (nSPS) is 18.4. The van der Waals surface area contributed by atoms with Crippen molar-refractivity contribution in [2.75, 3.05) is 26.2 Å². The summed E-state index contributed by atoms with van der Waals surface area (Å²) in [5.74, 6) is 0.193. The topological polar surface area (TPSA) is 56.4 Å². The predicted molar refractivity (Wildman–Crippen MR) is 79.4 cm³/mol. The summed E-state index contributed by atoms with van der Waals surface area (Å²) in [6.45, 7) is 10.2. The average Bonchev–Trinajstić information content (AvgIpc) is 2.41. The van der Waals surface area contributed by atoms with E-state index in [0.29, 0.717) is 6.04 Å². The molecule has 1 aliphatic heterocycles. The quantitative estimate of drug-likeness (QED) is 0.630. The van der Waals surface area contributed by atoms with Crippen LogP contribution in [0.1, 0.15) is 29.7 Å². The van der Waals surface area contributed by atoms with Crippen LogP contribution in [0.2, 0.25) is 0 Å². The van der Waals surface area contributed by atoms with Gasteiger partial charge in [0.2, 0.25) is 0 Å². The van der Waals surface area contributed by atoms with Gasteiger partial charge < -0.3 is 10.6 Å². The predicted octanol–water partition coefficient (Wildman–Crippen LogP) is 1.88. The van der Waals surface area contributed by atoms with Crippen LogP contribution < -0.4 is 5.73 Å². The maximum Gasteiger partial charge on any atom is 0.188 e. The van der Waals surface area contributed by atoms with Crippen molar-refractivity contribution in [3.63, 3.8) is 0 Å². The fourth-order valence-corrected chi connectivity index (χ4v) is 2.59. The number of aryl methyl sites for hydroxylation is 2. The molecule has 0 spiro atoms. The van der Waals surface area contributed by atoms with Crippen LogP contribution in [0.5, 0.6) is 0 Å². The summed E-state index contributed by atoms with van der Waals surface area (Å²) in [4.78, 5) is 4.40. The van der Waals surface area contributed by atoms with Crippen LogP contribution in [0.25, 0.3) is 0 Å². The Balaban J connectivity index is 2.02. The molecule has 0 amide bonds. The van der Waals surface area contributed by atoms with Gasteiger partial charge in [0.1, 0.15) is 0 Å². The molecule has 1 saturated heterocycles. The zero-order valence-electron chi connectivity index (χ0n) is 12.1. The van der Waals surface area contributed by atoms with Crippen molar-refractivity contribution in [3.05, 3.63) is 34.9 Å². The number of rotatable bonds is 2. The van der Waals surface area contributed by atoms with E-state index in [-0.39, 0.29) is 5.96 Å². The van der Waals surface area contributed by atoms with E-state index in [0.717, 1.165) is 26.2 Å². The van der Waals surface area contributed by atoms with Crippen molar-refractivity contribution in [3.8, 4) is 0 Å². The van der Waals surface area contributed by atoms with E-state index in [1.54, 1.807) is 0 Å². The van der Waals surface area contributed by atoms with Crippen LogP contribution in [0.3, 0.4) is 0 Å². The highest BCUT2D eigenvalue weighted by molar-refractivity contribution is 5.74. The number of piperazine rings is 1. The zero-order chi connectivity index (χ0) is 14.0. The summed E-state index contributed by atoms with van der Waals surface area (Å²) in [5, 5.41) is 7.46. The van der Waals surface area contributed by atoms with Gasteiger partial charge >= 0.3 is 0 Å². The van der Waals surface area contributed by atoms with Crippen molar-refractivity contribution in [1.82, 2.24) is 9.80 Å². The SMILES string of the molecule is Cc1ccc(C(C)N2CCN(C(=N)N)CC2)cc1C. The highest BCUT2D eigenvalue weighted by Gasteiger charge is 2.22. The molecular formula is C15H24N4. The standard InChI is InChI=1S/C15H24N4/c1-11-4-5-14(10-12(11)2)13(3)18-6-8-19(9-7-18)15(16)17/h4-5,10,13H,6-9H2,1-3H3,(H3,16,17). The van der Waals surface area contributed by atoms with Crippen LogP contribution in [0.4, 0.5) is 0 Å². The summed E-state index contributed by atoms with van der Waals surface area (Å²) < 4.78 is 0. The van der Waals surface area contributed by atoms with Crippen LogP contribution >= 0.6 is 0 Å². The number of benzene rings is 1. The third-order valence-electron chi connectivity index (χ3n) is 4.22. The molecule has 1 aromatic rings. The van der Waals surface area contributed by atoms with Gasteiger partial charge in [0.25, 0.3) is 0 Å². The summed E-state index contributed by atoms with van der Waals surface area (Å²) in [6.07, 6.45) is 0. The van der Waals surface area contributed by atoms with Crippen molar-refractivity contribution < 1.29 is 0 Å². The van der Waals surface area contributed by atoms with E-state index < -0.39 is 0 Å². The van der Waals surface area contributed by atoms with Crippen LogP contribution in [0, 0.1) is 19.3 Å². The first-order valence-electron chi connectivity index (χ1n) is 6.89. The lowest BCUT2D eigenvalue weighted by Gasteiger charge is -2.38. The molecule has 104 valence electrons. The van der Waals surface area contributed by atoms with Gasteiger partial charge in [0, 0.05) is 32.2 Å². The number of nitrogens with two attached hydrogens (primary N) is 1. The van der Waals surface area contributed by atoms with Crippen molar-refractivity contribution >= 4 is 5.96 Å². The maximum atomic E-state index is 7.46. The highest BCUT2D eigenvalue weighted by atomic mass is 15.3. The monoisotopic (exact) mass is 260 g/mol. The zero-order valence-corrected chi connectivity index (χ0v) is 12.1. The number of guanidine groups is 1. The van der Waals surface area contributed by atoms with Gasteiger partial charge in [-0.3, -0.25) is 10.3 Å². The average molecular weight is 260 g/mol. The molecule has 1 atom stereocenters. The molecule has 1 unspecified atom stereocenters. The lowest BCUT2D eigenvalue weighted by atomic mass is 10.0. The second kappa shape index (κ2) is 5.61. The second-order valence-corrected chi connectivity index (χ2v) is 5.43. The summed E-state index contributed by atoms with van der Waals surface area (Å²) in [6, 6.07) is 7.14. The van der Waals surface area contributed by atoms with Gasteiger partial charge in [-0.15, -0.1) is 0 Å². The molecule has 1 aliphatic rings. The minimum absolute atomic E-state index is 0.193. The Bertz CT molecular complexity index is 461. The van der Waals surface area contributed by atoms with Gasteiger partial charge in [-0.2, -0.15) is 0 Å². The second-order valence-electron chi connectivity index (χ2n) is 5.43. The molecular weight excluding hydrogens is 236 g/mol. The maximum absolute atomic E-state index is 7.46. The van der Waals surface area contributed by atoms with E-state index >= 15 is 0 Å². The van der Waals surface area contributed by atoms with Crippen LogP contribution in [-0.4, -0.2) is 41.9 Å². The first-order chi connectivity index (χ1) is 8.99. The lowest BCUT2D eigenvalue weighted by Crippen LogP contribution is -2.51. The molecule has 0 bridgehead atoms. The number of hydrogen-bond donors (Lipinski definition) is 2. The molecule has 2 rings (SSSR count). The Labute approximate surface area is 115 Å². The van der Waals surface area contributed by atoms with Crippen molar-refractivity contribution in [2.24, 2.45) is 5.73 Å². The first kappa shape index (κ1) is 13.9. The van der Waals surface area contributed by atoms with E-state index in [2.05, 4.69) is 43.9 Å². The van der Waals surface area contributed by atoms with Gasteiger partial charge in [0.05, 0.1) is 0 Å². The molecule has 19 heavy (non-hydrogen) atoms. The first-order valence-corrected chi connectivity index (χ1v) is 6.89. The Morgan fingerprint density at radius 3 is 2.32 bits per heavy atom. The third-order valence-corrected chi connectivity index (χ3v) is 4.22. The van der Waals surface area contributed by atoms with Gasteiger partial charge in [0.15, 0.2) is 5.96 Å². The molecule has 4 heteroatoms. The molecule has 1 aromatic carbocycles. The largest absolute Gasteiger partial charge is 0.370 e. The number of nitrogens with zero attached hydrogens (tertiary/aromatic N) is 2. The van der Waals surface area contributed by atoms with Crippen LogP contribution in [0.15, 0.2) is 18.2 Å². The summed E-state index contributed by atoms with van der Waals surface area (Å²) >= 11 is 0. The number of hydrogen-bond acceptors (Lipinski definition) is 2.